The topological polar surface area (TPSA) is 68.8 Å². The van der Waals surface area contributed by atoms with E-state index in [2.05, 4.69) is 17.5 Å². The average Bonchev–Trinajstić information content (AvgIpc) is 2.29. The standard InChI is InChI=1S/C12H11N3O/c13-5-10-1-3-11(4-2-10)15-7-12(6-14)8-16-9-12/h1-4,15H,7-9H2. The van der Waals surface area contributed by atoms with Gasteiger partial charge >= 0.3 is 0 Å². The fraction of sp³-hybridized carbons (Fsp3) is 0.333. The number of hydrogen-bond donors (Lipinski definition) is 1. The number of hydrogen-bond acceptors (Lipinski definition) is 4. The van der Waals surface area contributed by atoms with Crippen LogP contribution in [0.4, 0.5) is 5.69 Å². The van der Waals surface area contributed by atoms with Crippen LogP contribution in [0.5, 0.6) is 0 Å². The number of nitriles is 2. The number of nitrogens with zero attached hydrogens (tertiary/aromatic N) is 2. The Bertz CT molecular complexity index is 449. The van der Waals surface area contributed by atoms with E-state index in [0.29, 0.717) is 25.3 Å². The largest absolute Gasteiger partial charge is 0.383 e. The van der Waals surface area contributed by atoms with Crippen molar-refractivity contribution in [2.75, 3.05) is 25.1 Å². The Balaban J connectivity index is 1.95. The molecule has 1 aromatic rings. The summed E-state index contributed by atoms with van der Waals surface area (Å²) < 4.78 is 5.05. The third-order valence-electron chi connectivity index (χ3n) is 2.64. The molecule has 0 aromatic heterocycles. The molecule has 1 aliphatic rings. The molecule has 1 heterocycles. The SMILES string of the molecule is N#Cc1ccc(NCC2(C#N)COC2)cc1. The highest BCUT2D eigenvalue weighted by atomic mass is 16.5. The lowest BCUT2D eigenvalue weighted by atomic mass is 9.88. The summed E-state index contributed by atoms with van der Waals surface area (Å²) >= 11 is 0. The molecule has 0 aliphatic carbocycles. The van der Waals surface area contributed by atoms with Crippen molar-refractivity contribution in [1.29, 1.82) is 10.5 Å². The molecule has 0 unspecified atom stereocenters. The number of anilines is 1. The van der Waals surface area contributed by atoms with Crippen molar-refractivity contribution in [3.05, 3.63) is 29.8 Å². The maximum absolute atomic E-state index is 8.98. The number of rotatable bonds is 3. The van der Waals surface area contributed by atoms with E-state index in [1.165, 1.54) is 0 Å². The first-order valence-electron chi connectivity index (χ1n) is 5.01. The second kappa shape index (κ2) is 4.22. The van der Waals surface area contributed by atoms with Crippen molar-refractivity contribution in [2.45, 2.75) is 0 Å². The minimum atomic E-state index is -0.381. The first-order valence-corrected chi connectivity index (χ1v) is 5.01. The summed E-state index contributed by atoms with van der Waals surface area (Å²) in [6, 6.07) is 11.5. The van der Waals surface area contributed by atoms with Gasteiger partial charge in [-0.2, -0.15) is 10.5 Å². The van der Waals surface area contributed by atoms with Crippen LogP contribution in [-0.4, -0.2) is 19.8 Å². The van der Waals surface area contributed by atoms with Crippen LogP contribution < -0.4 is 5.32 Å². The van der Waals surface area contributed by atoms with Crippen molar-refractivity contribution in [1.82, 2.24) is 0 Å². The molecule has 4 heteroatoms. The molecule has 0 saturated carbocycles. The lowest BCUT2D eigenvalue weighted by Crippen LogP contribution is -2.46. The van der Waals surface area contributed by atoms with Gasteiger partial charge in [0.1, 0.15) is 5.41 Å². The Hall–Kier alpha value is -2.04. The van der Waals surface area contributed by atoms with Gasteiger partial charge < -0.3 is 10.1 Å². The van der Waals surface area contributed by atoms with Crippen molar-refractivity contribution in [3.8, 4) is 12.1 Å². The van der Waals surface area contributed by atoms with Crippen LogP contribution in [-0.2, 0) is 4.74 Å². The van der Waals surface area contributed by atoms with Gasteiger partial charge in [-0.3, -0.25) is 0 Å². The zero-order valence-corrected chi connectivity index (χ0v) is 8.73. The minimum absolute atomic E-state index is 0.381. The van der Waals surface area contributed by atoms with Gasteiger partial charge in [-0.05, 0) is 24.3 Å². The molecule has 0 spiro atoms. The van der Waals surface area contributed by atoms with Crippen LogP contribution >= 0.6 is 0 Å². The summed E-state index contributed by atoms with van der Waals surface area (Å²) in [5, 5.41) is 20.8. The smallest absolute Gasteiger partial charge is 0.121 e. The number of ether oxygens (including phenoxy) is 1. The van der Waals surface area contributed by atoms with E-state index in [1.54, 1.807) is 12.1 Å². The van der Waals surface area contributed by atoms with Crippen molar-refractivity contribution < 1.29 is 4.74 Å². The van der Waals surface area contributed by atoms with E-state index in [9.17, 15) is 0 Å². The zero-order valence-electron chi connectivity index (χ0n) is 8.73. The van der Waals surface area contributed by atoms with Gasteiger partial charge in [0.25, 0.3) is 0 Å². The highest BCUT2D eigenvalue weighted by molar-refractivity contribution is 5.47. The van der Waals surface area contributed by atoms with Gasteiger partial charge in [0.15, 0.2) is 0 Å². The van der Waals surface area contributed by atoms with E-state index in [1.807, 2.05) is 12.1 Å². The summed E-state index contributed by atoms with van der Waals surface area (Å²) in [7, 11) is 0. The molecular formula is C12H11N3O. The average molecular weight is 213 g/mol. The molecule has 1 N–H and O–H groups in total. The Morgan fingerprint density at radius 3 is 2.38 bits per heavy atom. The second-order valence-electron chi connectivity index (χ2n) is 3.93. The molecule has 80 valence electrons. The lowest BCUT2D eigenvalue weighted by Gasteiger charge is -2.35. The summed E-state index contributed by atoms with van der Waals surface area (Å²) in [5.74, 6) is 0. The lowest BCUT2D eigenvalue weighted by molar-refractivity contribution is -0.0690. The molecule has 16 heavy (non-hydrogen) atoms. The van der Waals surface area contributed by atoms with E-state index < -0.39 is 0 Å². The van der Waals surface area contributed by atoms with Crippen LogP contribution in [0.25, 0.3) is 0 Å². The van der Waals surface area contributed by atoms with Gasteiger partial charge in [0.05, 0.1) is 30.9 Å². The van der Waals surface area contributed by atoms with Crippen molar-refractivity contribution in [3.63, 3.8) is 0 Å². The molecule has 1 fully saturated rings. The third-order valence-corrected chi connectivity index (χ3v) is 2.64. The quantitative estimate of drug-likeness (QED) is 0.826. The number of benzene rings is 1. The number of nitrogens with one attached hydrogen (secondary N) is 1. The van der Waals surface area contributed by atoms with Crippen LogP contribution in [0.15, 0.2) is 24.3 Å². The first kappa shape index (κ1) is 10.5. The molecule has 4 nitrogen and oxygen atoms in total. The van der Waals surface area contributed by atoms with Crippen LogP contribution in [0.1, 0.15) is 5.56 Å². The predicted molar refractivity (Wildman–Crippen MR) is 58.5 cm³/mol. The van der Waals surface area contributed by atoms with E-state index >= 15 is 0 Å². The van der Waals surface area contributed by atoms with Gasteiger partial charge in [-0.25, -0.2) is 0 Å². The summed E-state index contributed by atoms with van der Waals surface area (Å²) in [5.41, 5.74) is 1.17. The maximum atomic E-state index is 8.98. The normalized spacial score (nSPS) is 16.6. The molecule has 0 amide bonds. The van der Waals surface area contributed by atoms with Gasteiger partial charge in [0, 0.05) is 12.2 Å². The van der Waals surface area contributed by atoms with Gasteiger partial charge in [-0.15, -0.1) is 0 Å². The first-order chi connectivity index (χ1) is 7.78. The third kappa shape index (κ3) is 1.98. The van der Waals surface area contributed by atoms with Crippen LogP contribution in [0, 0.1) is 28.1 Å². The van der Waals surface area contributed by atoms with E-state index in [-0.39, 0.29) is 5.41 Å². The monoisotopic (exact) mass is 213 g/mol. The molecule has 0 atom stereocenters. The molecule has 2 rings (SSSR count). The fourth-order valence-electron chi connectivity index (χ4n) is 1.49. The Morgan fingerprint density at radius 1 is 1.25 bits per heavy atom. The van der Waals surface area contributed by atoms with E-state index in [4.69, 9.17) is 15.3 Å². The van der Waals surface area contributed by atoms with Gasteiger partial charge in [-0.1, -0.05) is 0 Å². The molecule has 0 radical (unpaired) electrons. The summed E-state index contributed by atoms with van der Waals surface area (Å²) in [4.78, 5) is 0. The Morgan fingerprint density at radius 2 is 1.94 bits per heavy atom. The Kier molecular flexibility index (Phi) is 2.76. The van der Waals surface area contributed by atoms with Crippen LogP contribution in [0.2, 0.25) is 0 Å². The van der Waals surface area contributed by atoms with Crippen LogP contribution in [0.3, 0.4) is 0 Å². The fourth-order valence-corrected chi connectivity index (χ4v) is 1.49. The molecule has 1 aliphatic heterocycles. The highest BCUT2D eigenvalue weighted by Gasteiger charge is 2.38. The maximum Gasteiger partial charge on any atom is 0.121 e. The molecule has 1 aromatic carbocycles. The zero-order chi connectivity index (χ0) is 11.4. The summed E-state index contributed by atoms with van der Waals surface area (Å²) in [6.45, 7) is 1.56. The highest BCUT2D eigenvalue weighted by Crippen LogP contribution is 2.26. The molecule has 0 bridgehead atoms. The van der Waals surface area contributed by atoms with Gasteiger partial charge in [0.2, 0.25) is 0 Å². The predicted octanol–water partition coefficient (Wildman–Crippen LogP) is 1.51. The molecular weight excluding hydrogens is 202 g/mol. The molecule has 1 saturated heterocycles. The summed E-state index contributed by atoms with van der Waals surface area (Å²) in [6.07, 6.45) is 0. The Labute approximate surface area is 94.1 Å². The second-order valence-corrected chi connectivity index (χ2v) is 3.93. The minimum Gasteiger partial charge on any atom is -0.383 e. The van der Waals surface area contributed by atoms with Crippen molar-refractivity contribution in [2.24, 2.45) is 5.41 Å². The van der Waals surface area contributed by atoms with E-state index in [0.717, 1.165) is 5.69 Å². The van der Waals surface area contributed by atoms with Crippen molar-refractivity contribution >= 4 is 5.69 Å².